The van der Waals surface area contributed by atoms with E-state index in [1.165, 1.54) is 22.3 Å². The second kappa shape index (κ2) is 10.9. The molecule has 1 aliphatic heterocycles. The molecular formula is C28H34N2O5. The number of alkyl carbamates (subject to hydrolysis) is 1. The van der Waals surface area contributed by atoms with E-state index in [0.29, 0.717) is 32.2 Å². The molecule has 35 heavy (non-hydrogen) atoms. The highest BCUT2D eigenvalue weighted by molar-refractivity contribution is 5.79. The Kier molecular flexibility index (Phi) is 7.73. The maximum Gasteiger partial charge on any atom is 0.407 e. The van der Waals surface area contributed by atoms with Crippen LogP contribution >= 0.6 is 0 Å². The van der Waals surface area contributed by atoms with E-state index in [2.05, 4.69) is 29.6 Å². The predicted octanol–water partition coefficient (Wildman–Crippen LogP) is 4.65. The minimum absolute atomic E-state index is 0.0172. The van der Waals surface area contributed by atoms with Crippen molar-refractivity contribution in [3.05, 3.63) is 59.7 Å². The van der Waals surface area contributed by atoms with Crippen molar-refractivity contribution in [1.82, 2.24) is 10.2 Å². The van der Waals surface area contributed by atoms with Crippen LogP contribution in [0.1, 0.15) is 56.6 Å². The molecule has 3 unspecified atom stereocenters. The number of amides is 2. The average Bonchev–Trinajstić information content (AvgIpc) is 3.18. The van der Waals surface area contributed by atoms with Crippen LogP contribution in [0.4, 0.5) is 4.79 Å². The first kappa shape index (κ1) is 24.8. The number of nitrogens with zero attached hydrogens (tertiary/aromatic N) is 1. The fourth-order valence-electron chi connectivity index (χ4n) is 5.18. The minimum Gasteiger partial charge on any atom is -0.481 e. The van der Waals surface area contributed by atoms with Gasteiger partial charge < -0.3 is 20.1 Å². The number of carbonyl (C=O) groups excluding carboxylic acids is 2. The first-order chi connectivity index (χ1) is 16.8. The van der Waals surface area contributed by atoms with Gasteiger partial charge in [-0.1, -0.05) is 55.5 Å². The minimum atomic E-state index is -0.838. The second-order valence-electron chi connectivity index (χ2n) is 9.86. The Morgan fingerprint density at radius 3 is 2.31 bits per heavy atom. The van der Waals surface area contributed by atoms with Gasteiger partial charge in [-0.15, -0.1) is 0 Å². The molecule has 1 saturated heterocycles. The van der Waals surface area contributed by atoms with E-state index in [9.17, 15) is 19.5 Å². The van der Waals surface area contributed by atoms with E-state index in [0.717, 1.165) is 0 Å². The van der Waals surface area contributed by atoms with E-state index in [1.54, 1.807) is 4.90 Å². The third kappa shape index (κ3) is 5.66. The van der Waals surface area contributed by atoms with Crippen molar-refractivity contribution in [3.63, 3.8) is 0 Å². The van der Waals surface area contributed by atoms with Crippen molar-refractivity contribution in [3.8, 4) is 11.1 Å². The number of benzene rings is 2. The monoisotopic (exact) mass is 478 g/mol. The molecule has 0 radical (unpaired) electrons. The molecule has 2 aromatic rings. The van der Waals surface area contributed by atoms with Crippen LogP contribution < -0.4 is 5.32 Å². The van der Waals surface area contributed by atoms with Crippen molar-refractivity contribution in [2.75, 3.05) is 19.7 Å². The van der Waals surface area contributed by atoms with E-state index in [-0.39, 0.29) is 36.9 Å². The number of likely N-dealkylation sites (tertiary alicyclic amines) is 1. The Labute approximate surface area is 206 Å². The predicted molar refractivity (Wildman–Crippen MR) is 133 cm³/mol. The standard InChI is InChI=1S/C28H34N2O5/c1-18(11-14-26(31)30-16-20(27(32)33)13-12-19(30)2)15-29-28(34)35-17-25-23-9-5-3-7-21(23)22-8-4-6-10-24(22)25/h3-10,18-20,25H,11-17H2,1-2H3,(H,29,34)(H,32,33). The summed E-state index contributed by atoms with van der Waals surface area (Å²) < 4.78 is 5.58. The van der Waals surface area contributed by atoms with E-state index >= 15 is 0 Å². The fourth-order valence-corrected chi connectivity index (χ4v) is 5.18. The zero-order valence-corrected chi connectivity index (χ0v) is 20.4. The number of piperidine rings is 1. The van der Waals surface area contributed by atoms with Gasteiger partial charge >= 0.3 is 12.1 Å². The van der Waals surface area contributed by atoms with Gasteiger partial charge in [0.2, 0.25) is 5.91 Å². The Bertz CT molecular complexity index is 1040. The van der Waals surface area contributed by atoms with E-state index in [1.807, 2.05) is 38.1 Å². The Morgan fingerprint density at radius 2 is 1.69 bits per heavy atom. The summed E-state index contributed by atoms with van der Waals surface area (Å²) in [7, 11) is 0. The summed E-state index contributed by atoms with van der Waals surface area (Å²) in [5.74, 6) is -1.23. The molecule has 2 N–H and O–H groups in total. The Morgan fingerprint density at radius 1 is 1.06 bits per heavy atom. The van der Waals surface area contributed by atoms with Crippen LogP contribution in [0.25, 0.3) is 11.1 Å². The third-order valence-electron chi connectivity index (χ3n) is 7.34. The van der Waals surface area contributed by atoms with Crippen LogP contribution in [0.3, 0.4) is 0 Å². The average molecular weight is 479 g/mol. The zero-order chi connectivity index (χ0) is 24.9. The number of carboxylic acid groups (broad SMARTS) is 1. The molecule has 2 aliphatic rings. The van der Waals surface area contributed by atoms with Gasteiger partial charge in [-0.05, 0) is 54.4 Å². The van der Waals surface area contributed by atoms with Gasteiger partial charge in [-0.2, -0.15) is 0 Å². The molecule has 0 spiro atoms. The van der Waals surface area contributed by atoms with Crippen molar-refractivity contribution < 1.29 is 24.2 Å². The molecule has 186 valence electrons. The van der Waals surface area contributed by atoms with Crippen LogP contribution in [0, 0.1) is 11.8 Å². The van der Waals surface area contributed by atoms with Crippen LogP contribution in [-0.2, 0) is 14.3 Å². The highest BCUT2D eigenvalue weighted by atomic mass is 16.5. The summed E-state index contributed by atoms with van der Waals surface area (Å²) in [5.41, 5.74) is 4.72. The lowest BCUT2D eigenvalue weighted by Gasteiger charge is -2.36. The zero-order valence-electron chi connectivity index (χ0n) is 20.4. The van der Waals surface area contributed by atoms with Gasteiger partial charge in [0.25, 0.3) is 0 Å². The lowest BCUT2D eigenvalue weighted by molar-refractivity contribution is -0.147. The van der Waals surface area contributed by atoms with Crippen molar-refractivity contribution >= 4 is 18.0 Å². The Balaban J connectivity index is 1.22. The molecule has 1 heterocycles. The molecule has 3 atom stereocenters. The molecule has 1 aliphatic carbocycles. The third-order valence-corrected chi connectivity index (χ3v) is 7.34. The van der Waals surface area contributed by atoms with Crippen LogP contribution in [-0.4, -0.2) is 53.7 Å². The summed E-state index contributed by atoms with van der Waals surface area (Å²) in [6.07, 6.45) is 1.81. The Hall–Kier alpha value is -3.35. The molecule has 1 fully saturated rings. The molecule has 7 nitrogen and oxygen atoms in total. The van der Waals surface area contributed by atoms with Gasteiger partial charge in [0, 0.05) is 31.5 Å². The molecule has 0 bridgehead atoms. The maximum atomic E-state index is 12.7. The van der Waals surface area contributed by atoms with Crippen molar-refractivity contribution in [1.29, 1.82) is 0 Å². The first-order valence-corrected chi connectivity index (χ1v) is 12.5. The van der Waals surface area contributed by atoms with Gasteiger partial charge in [-0.3, -0.25) is 9.59 Å². The number of carbonyl (C=O) groups is 3. The first-order valence-electron chi connectivity index (χ1n) is 12.5. The van der Waals surface area contributed by atoms with Crippen LogP contribution in [0.2, 0.25) is 0 Å². The highest BCUT2D eigenvalue weighted by Gasteiger charge is 2.32. The van der Waals surface area contributed by atoms with E-state index in [4.69, 9.17) is 4.74 Å². The molecule has 0 aromatic heterocycles. The molecule has 7 heteroatoms. The van der Waals surface area contributed by atoms with E-state index < -0.39 is 18.0 Å². The van der Waals surface area contributed by atoms with Gasteiger partial charge in [0.15, 0.2) is 0 Å². The largest absolute Gasteiger partial charge is 0.481 e. The van der Waals surface area contributed by atoms with Gasteiger partial charge in [0.1, 0.15) is 6.61 Å². The SMILES string of the molecule is CC(CCC(=O)N1CC(C(=O)O)CCC1C)CNC(=O)OCC1c2ccccc2-c2ccccc21. The number of carboxylic acids is 1. The number of hydrogen-bond donors (Lipinski definition) is 2. The van der Waals surface area contributed by atoms with Crippen LogP contribution in [0.15, 0.2) is 48.5 Å². The summed E-state index contributed by atoms with van der Waals surface area (Å²) in [4.78, 5) is 38.1. The second-order valence-corrected chi connectivity index (χ2v) is 9.86. The molecule has 2 amide bonds. The number of fused-ring (bicyclic) bond motifs is 3. The number of rotatable bonds is 8. The van der Waals surface area contributed by atoms with Crippen LogP contribution in [0.5, 0.6) is 0 Å². The molecular weight excluding hydrogens is 444 g/mol. The molecule has 4 rings (SSSR count). The lowest BCUT2D eigenvalue weighted by Crippen LogP contribution is -2.47. The topological polar surface area (TPSA) is 95.9 Å². The number of aliphatic carboxylic acids is 1. The van der Waals surface area contributed by atoms with Gasteiger partial charge in [-0.25, -0.2) is 4.79 Å². The van der Waals surface area contributed by atoms with Crippen molar-refractivity contribution in [2.45, 2.75) is 51.5 Å². The number of ether oxygens (including phenoxy) is 1. The maximum absolute atomic E-state index is 12.7. The van der Waals surface area contributed by atoms with Crippen molar-refractivity contribution in [2.24, 2.45) is 11.8 Å². The summed E-state index contributed by atoms with van der Waals surface area (Å²) in [6, 6.07) is 16.5. The molecule has 2 aromatic carbocycles. The normalized spacial score (nSPS) is 20.0. The summed E-state index contributed by atoms with van der Waals surface area (Å²) in [5, 5.41) is 12.1. The molecule has 0 saturated carbocycles. The highest BCUT2D eigenvalue weighted by Crippen LogP contribution is 2.44. The smallest absolute Gasteiger partial charge is 0.407 e. The summed E-state index contributed by atoms with van der Waals surface area (Å²) in [6.45, 7) is 4.91. The fraction of sp³-hybridized carbons (Fsp3) is 0.464. The summed E-state index contributed by atoms with van der Waals surface area (Å²) >= 11 is 0. The number of hydrogen-bond acceptors (Lipinski definition) is 4. The number of nitrogens with one attached hydrogen (secondary N) is 1. The quantitative estimate of drug-likeness (QED) is 0.576. The van der Waals surface area contributed by atoms with Gasteiger partial charge in [0.05, 0.1) is 5.92 Å². The lowest BCUT2D eigenvalue weighted by atomic mass is 9.93.